The minimum Gasteiger partial charge on any atom is -0.345 e. The van der Waals surface area contributed by atoms with Crippen LogP contribution in [0, 0.1) is 5.92 Å². The lowest BCUT2D eigenvalue weighted by molar-refractivity contribution is -0.298. The molecule has 3 heterocycles. The van der Waals surface area contributed by atoms with Gasteiger partial charge in [0.1, 0.15) is 0 Å². The number of hydrazone groups is 1. The van der Waals surface area contributed by atoms with Crippen LogP contribution in [-0.2, 0) is 4.79 Å². The van der Waals surface area contributed by atoms with E-state index in [4.69, 9.17) is 0 Å². The number of rotatable bonds is 2. The van der Waals surface area contributed by atoms with Gasteiger partial charge in [0.25, 0.3) is 0 Å². The van der Waals surface area contributed by atoms with Crippen molar-refractivity contribution in [1.29, 1.82) is 0 Å². The summed E-state index contributed by atoms with van der Waals surface area (Å²) in [6.45, 7) is 0.284. The summed E-state index contributed by atoms with van der Waals surface area (Å²) in [5.74, 6) is -4.05. The van der Waals surface area contributed by atoms with Crippen LogP contribution < -0.4 is 0 Å². The van der Waals surface area contributed by atoms with E-state index in [2.05, 4.69) is 5.10 Å². The third-order valence-electron chi connectivity index (χ3n) is 4.26. The van der Waals surface area contributed by atoms with E-state index in [0.29, 0.717) is 12.6 Å². The van der Waals surface area contributed by atoms with Crippen molar-refractivity contribution < 1.29 is 26.8 Å². The normalized spacial score (nSPS) is 28.7. The first-order valence-corrected chi connectivity index (χ1v) is 6.95. The van der Waals surface area contributed by atoms with Crippen LogP contribution in [0.15, 0.2) is 29.2 Å². The summed E-state index contributed by atoms with van der Waals surface area (Å²) in [5, 5.41) is 2.77. The van der Waals surface area contributed by atoms with Crippen molar-refractivity contribution in [2.45, 2.75) is 24.9 Å². The molecule has 3 aliphatic rings. The molecular formula is C13H13F5N4O. The van der Waals surface area contributed by atoms with E-state index in [1.54, 1.807) is 0 Å². The first-order chi connectivity index (χ1) is 10.8. The average molecular weight is 336 g/mol. The van der Waals surface area contributed by atoms with Crippen molar-refractivity contribution in [3.05, 3.63) is 24.0 Å². The molecule has 23 heavy (non-hydrogen) atoms. The molecule has 3 rings (SSSR count). The van der Waals surface area contributed by atoms with Crippen LogP contribution in [-0.4, -0.2) is 52.3 Å². The van der Waals surface area contributed by atoms with Crippen molar-refractivity contribution in [2.24, 2.45) is 11.0 Å². The van der Waals surface area contributed by atoms with Crippen LogP contribution in [0.5, 0.6) is 0 Å². The molecule has 0 spiro atoms. The number of hydrogen-bond acceptors (Lipinski definition) is 4. The number of likely N-dealkylation sites (tertiary alicyclic amines) is 1. The molecule has 3 aliphatic heterocycles. The maximum atomic E-state index is 15.6. The molecule has 1 unspecified atom stereocenters. The zero-order valence-electron chi connectivity index (χ0n) is 11.8. The third-order valence-corrected chi connectivity index (χ3v) is 4.26. The number of amides is 1. The first-order valence-electron chi connectivity index (χ1n) is 6.95. The van der Waals surface area contributed by atoms with E-state index in [9.17, 15) is 22.4 Å². The van der Waals surface area contributed by atoms with E-state index < -0.39 is 28.6 Å². The summed E-state index contributed by atoms with van der Waals surface area (Å²) in [6, 6.07) is 0. The van der Waals surface area contributed by atoms with Gasteiger partial charge in [0.05, 0.1) is 11.3 Å². The van der Waals surface area contributed by atoms with Gasteiger partial charge in [-0.1, -0.05) is 4.48 Å². The van der Waals surface area contributed by atoms with Crippen molar-refractivity contribution in [1.82, 2.24) is 15.0 Å². The molecule has 0 aliphatic carbocycles. The second kappa shape index (κ2) is 5.20. The molecule has 1 atom stereocenters. The van der Waals surface area contributed by atoms with E-state index in [-0.39, 0.29) is 36.8 Å². The maximum absolute atomic E-state index is 15.6. The van der Waals surface area contributed by atoms with E-state index >= 15 is 4.39 Å². The Kier molecular flexibility index (Phi) is 3.56. The van der Waals surface area contributed by atoms with Crippen LogP contribution in [0.4, 0.5) is 22.0 Å². The molecule has 5 nitrogen and oxygen atoms in total. The van der Waals surface area contributed by atoms with Gasteiger partial charge >= 0.3 is 6.30 Å². The lowest BCUT2D eigenvalue weighted by Gasteiger charge is -2.41. The number of piperidine rings is 1. The highest BCUT2D eigenvalue weighted by atomic mass is 19.4. The molecule has 0 bridgehead atoms. The largest absolute Gasteiger partial charge is 0.503 e. The number of nitrogens with zero attached hydrogens (tertiary/aromatic N) is 4. The van der Waals surface area contributed by atoms with Crippen molar-refractivity contribution in [3.63, 3.8) is 0 Å². The zero-order valence-corrected chi connectivity index (χ0v) is 11.8. The number of fused-ring (bicyclic) bond motifs is 1. The van der Waals surface area contributed by atoms with Gasteiger partial charge in [0, 0.05) is 31.4 Å². The third kappa shape index (κ3) is 2.45. The standard InChI is InChI=1S/C13H13F5N4O/c14-12(9-1-4-20(8-23)5-2-9)10-7-21(18)6-3-11(10)19-22(12)13(15,16)17/h3,6-9H,1-2,4-5H2. The quantitative estimate of drug-likeness (QED) is 0.336. The van der Waals surface area contributed by atoms with Crippen LogP contribution in [0.1, 0.15) is 12.8 Å². The molecule has 0 saturated carbocycles. The molecule has 1 fully saturated rings. The summed E-state index contributed by atoms with van der Waals surface area (Å²) in [5.41, 5.74) is -0.707. The SMILES string of the molecule is O=CN1CCC(C2(F)C3=CN(F)C=CC3=NN2C(F)(F)F)CC1. The Labute approximate surface area is 128 Å². The predicted octanol–water partition coefficient (Wildman–Crippen LogP) is 2.31. The smallest absolute Gasteiger partial charge is 0.345 e. The van der Waals surface area contributed by atoms with Gasteiger partial charge in [-0.05, 0) is 18.9 Å². The maximum Gasteiger partial charge on any atom is 0.503 e. The molecular weight excluding hydrogens is 323 g/mol. The summed E-state index contributed by atoms with van der Waals surface area (Å²) in [6.07, 6.45) is -1.89. The van der Waals surface area contributed by atoms with Gasteiger partial charge in [-0.25, -0.2) is 4.39 Å². The summed E-state index contributed by atoms with van der Waals surface area (Å²) in [4.78, 5) is 12.1. The number of halogens is 5. The number of hydrogen-bond donors (Lipinski definition) is 0. The highest BCUT2D eigenvalue weighted by Gasteiger charge is 2.62. The van der Waals surface area contributed by atoms with E-state index in [1.807, 2.05) is 0 Å². The lowest BCUT2D eigenvalue weighted by Crippen LogP contribution is -2.55. The monoisotopic (exact) mass is 336 g/mol. The molecule has 0 radical (unpaired) electrons. The van der Waals surface area contributed by atoms with Gasteiger partial charge in [-0.2, -0.15) is 15.2 Å². The highest BCUT2D eigenvalue weighted by molar-refractivity contribution is 6.11. The summed E-state index contributed by atoms with van der Waals surface area (Å²) < 4.78 is 68.7. The van der Waals surface area contributed by atoms with Crippen LogP contribution >= 0.6 is 0 Å². The van der Waals surface area contributed by atoms with Crippen molar-refractivity contribution >= 4 is 12.1 Å². The van der Waals surface area contributed by atoms with Gasteiger partial charge < -0.3 is 4.90 Å². The first kappa shape index (κ1) is 15.8. The van der Waals surface area contributed by atoms with Gasteiger partial charge in [0.15, 0.2) is 0 Å². The fourth-order valence-electron chi connectivity index (χ4n) is 3.14. The molecule has 126 valence electrons. The van der Waals surface area contributed by atoms with E-state index in [1.165, 1.54) is 4.90 Å². The second-order valence-electron chi connectivity index (χ2n) is 5.56. The molecule has 0 N–H and O–H groups in total. The Morgan fingerprint density at radius 3 is 2.52 bits per heavy atom. The van der Waals surface area contributed by atoms with Crippen LogP contribution in [0.2, 0.25) is 0 Å². The second-order valence-corrected chi connectivity index (χ2v) is 5.56. The van der Waals surface area contributed by atoms with Gasteiger partial charge in [0.2, 0.25) is 12.2 Å². The Morgan fingerprint density at radius 1 is 1.30 bits per heavy atom. The van der Waals surface area contributed by atoms with Gasteiger partial charge in [-0.3, -0.25) is 4.79 Å². The Morgan fingerprint density at radius 2 is 1.96 bits per heavy atom. The number of alkyl halides is 4. The Hall–Kier alpha value is -2.13. The Balaban J connectivity index is 1.98. The molecule has 1 saturated heterocycles. The molecule has 10 heteroatoms. The molecule has 0 aromatic carbocycles. The van der Waals surface area contributed by atoms with Gasteiger partial charge in [-0.15, -0.1) is 13.2 Å². The predicted molar refractivity (Wildman–Crippen MR) is 69.7 cm³/mol. The van der Waals surface area contributed by atoms with Crippen LogP contribution in [0.25, 0.3) is 0 Å². The topological polar surface area (TPSA) is 39.2 Å². The minimum atomic E-state index is -5.04. The minimum absolute atomic E-state index is 0.00308. The van der Waals surface area contributed by atoms with E-state index in [0.717, 1.165) is 12.3 Å². The lowest BCUT2D eigenvalue weighted by atomic mass is 9.81. The van der Waals surface area contributed by atoms with Crippen molar-refractivity contribution in [2.75, 3.05) is 13.1 Å². The number of carbonyl (C=O) groups excluding carboxylic acids is 1. The Bertz CT molecular complexity index is 594. The van der Waals surface area contributed by atoms with Crippen LogP contribution in [0.3, 0.4) is 0 Å². The highest BCUT2D eigenvalue weighted by Crippen LogP contribution is 2.49. The molecule has 0 aromatic rings. The summed E-state index contributed by atoms with van der Waals surface area (Å²) in [7, 11) is 0. The zero-order chi connectivity index (χ0) is 16.8. The fraction of sp³-hybridized carbons (Fsp3) is 0.538. The fourth-order valence-corrected chi connectivity index (χ4v) is 3.14. The number of carbonyl (C=O) groups is 1. The molecule has 0 aromatic heterocycles. The molecule has 1 amide bonds. The number of allylic oxidation sites excluding steroid dienone is 1. The van der Waals surface area contributed by atoms with Crippen molar-refractivity contribution in [3.8, 4) is 0 Å². The average Bonchev–Trinajstić information content (AvgIpc) is 2.81. The summed E-state index contributed by atoms with van der Waals surface area (Å²) >= 11 is 0.